The van der Waals surface area contributed by atoms with Crippen LogP contribution in [0.3, 0.4) is 0 Å². The van der Waals surface area contributed by atoms with E-state index in [0.29, 0.717) is 11.7 Å². The number of rotatable bonds is 7. The molecule has 0 saturated carbocycles. The number of methoxy groups -OCH3 is 1. The third-order valence-electron chi connectivity index (χ3n) is 5.36. The van der Waals surface area contributed by atoms with Gasteiger partial charge in [-0.25, -0.2) is 4.98 Å². The summed E-state index contributed by atoms with van der Waals surface area (Å²) in [7, 11) is 1.74. The Bertz CT molecular complexity index is 829. The summed E-state index contributed by atoms with van der Waals surface area (Å²) in [6, 6.07) is 8.13. The Kier molecular flexibility index (Phi) is 6.16. The minimum atomic E-state index is -0.0652. The molecule has 2 aromatic rings. The maximum absolute atomic E-state index is 11.7. The van der Waals surface area contributed by atoms with Crippen LogP contribution < -0.4 is 15.2 Å². The van der Waals surface area contributed by atoms with E-state index in [1.54, 1.807) is 13.2 Å². The smallest absolute Gasteiger partial charge is 0.251 e. The SMILES string of the molecule is CCN(CC)c1ccc(CN2CC[C@@H](c3cc(=O)[nH]c(C)n3)C2)c(OC)c1. The highest BCUT2D eigenvalue weighted by molar-refractivity contribution is 5.53. The number of hydrogen-bond donors (Lipinski definition) is 1. The number of aromatic amines is 1. The van der Waals surface area contributed by atoms with Crippen molar-refractivity contribution in [2.24, 2.45) is 0 Å². The molecule has 1 aliphatic heterocycles. The number of anilines is 1. The van der Waals surface area contributed by atoms with Crippen LogP contribution in [0.25, 0.3) is 0 Å². The van der Waals surface area contributed by atoms with Crippen molar-refractivity contribution in [2.75, 3.05) is 38.2 Å². The van der Waals surface area contributed by atoms with E-state index in [4.69, 9.17) is 4.74 Å². The maximum atomic E-state index is 11.7. The summed E-state index contributed by atoms with van der Waals surface area (Å²) in [6.45, 7) is 10.9. The third-order valence-corrected chi connectivity index (χ3v) is 5.36. The fourth-order valence-electron chi connectivity index (χ4n) is 3.92. The van der Waals surface area contributed by atoms with Gasteiger partial charge in [0.15, 0.2) is 0 Å². The van der Waals surface area contributed by atoms with Gasteiger partial charge in [-0.05, 0) is 39.8 Å². The molecule has 6 heteroatoms. The largest absolute Gasteiger partial charge is 0.496 e. The number of hydrogen-bond acceptors (Lipinski definition) is 5. The molecule has 6 nitrogen and oxygen atoms in total. The van der Waals surface area contributed by atoms with E-state index in [1.807, 2.05) is 6.92 Å². The monoisotopic (exact) mass is 370 g/mol. The van der Waals surface area contributed by atoms with E-state index in [2.05, 4.69) is 51.8 Å². The van der Waals surface area contributed by atoms with Gasteiger partial charge in [0.25, 0.3) is 5.56 Å². The molecule has 1 aromatic carbocycles. The molecular formula is C21H30N4O2. The number of nitrogens with zero attached hydrogens (tertiary/aromatic N) is 3. The van der Waals surface area contributed by atoms with Crippen molar-refractivity contribution in [2.45, 2.75) is 39.7 Å². The molecule has 0 bridgehead atoms. The summed E-state index contributed by atoms with van der Waals surface area (Å²) in [6.07, 6.45) is 1.02. The number of H-pyrrole nitrogens is 1. The van der Waals surface area contributed by atoms with E-state index in [0.717, 1.165) is 50.6 Å². The molecule has 1 aromatic heterocycles. The van der Waals surface area contributed by atoms with Crippen LogP contribution in [0.1, 0.15) is 43.3 Å². The Labute approximate surface area is 161 Å². The zero-order chi connectivity index (χ0) is 19.4. The average molecular weight is 370 g/mol. The fourth-order valence-corrected chi connectivity index (χ4v) is 3.92. The summed E-state index contributed by atoms with van der Waals surface area (Å²) in [4.78, 5) is 23.7. The highest BCUT2D eigenvalue weighted by Crippen LogP contribution is 2.30. The van der Waals surface area contributed by atoms with Gasteiger partial charge < -0.3 is 14.6 Å². The molecule has 0 radical (unpaired) electrons. The maximum Gasteiger partial charge on any atom is 0.251 e. The zero-order valence-corrected chi connectivity index (χ0v) is 16.8. The van der Waals surface area contributed by atoms with Crippen LogP contribution in [0.4, 0.5) is 5.69 Å². The van der Waals surface area contributed by atoms with E-state index in [-0.39, 0.29) is 5.56 Å². The van der Waals surface area contributed by atoms with Gasteiger partial charge >= 0.3 is 0 Å². The molecule has 0 amide bonds. The minimum Gasteiger partial charge on any atom is -0.496 e. The topological polar surface area (TPSA) is 61.5 Å². The standard InChI is InChI=1S/C21H30N4O2/c1-5-25(6-2)18-8-7-17(20(11-18)27-4)14-24-10-9-16(13-24)19-12-21(26)23-15(3)22-19/h7-8,11-12,16H,5-6,9-10,13-14H2,1-4H3,(H,22,23,26)/t16-/m1/s1. The van der Waals surface area contributed by atoms with Gasteiger partial charge in [0, 0.05) is 55.5 Å². The van der Waals surface area contributed by atoms with Crippen molar-refractivity contribution < 1.29 is 4.74 Å². The van der Waals surface area contributed by atoms with Gasteiger partial charge in [-0.2, -0.15) is 0 Å². The van der Waals surface area contributed by atoms with Crippen molar-refractivity contribution in [3.05, 3.63) is 51.7 Å². The first-order valence-electron chi connectivity index (χ1n) is 9.76. The number of ether oxygens (including phenoxy) is 1. The van der Waals surface area contributed by atoms with Crippen LogP contribution in [0, 0.1) is 6.92 Å². The molecule has 1 aliphatic rings. The molecule has 1 atom stereocenters. The van der Waals surface area contributed by atoms with Gasteiger partial charge in [0.1, 0.15) is 11.6 Å². The van der Waals surface area contributed by atoms with Gasteiger partial charge in [-0.3, -0.25) is 9.69 Å². The minimum absolute atomic E-state index is 0.0652. The van der Waals surface area contributed by atoms with E-state index in [9.17, 15) is 4.79 Å². The number of aryl methyl sites for hydroxylation is 1. The summed E-state index contributed by atoms with van der Waals surface area (Å²) < 4.78 is 5.67. The lowest BCUT2D eigenvalue weighted by atomic mass is 10.0. The quantitative estimate of drug-likeness (QED) is 0.812. The van der Waals surface area contributed by atoms with Crippen molar-refractivity contribution in [1.29, 1.82) is 0 Å². The highest BCUT2D eigenvalue weighted by atomic mass is 16.5. The molecule has 0 unspecified atom stereocenters. The Hall–Kier alpha value is -2.34. The van der Waals surface area contributed by atoms with Crippen LogP contribution in [0.2, 0.25) is 0 Å². The Balaban J connectivity index is 1.71. The molecule has 0 spiro atoms. The molecule has 1 saturated heterocycles. The summed E-state index contributed by atoms with van der Waals surface area (Å²) >= 11 is 0. The first-order valence-corrected chi connectivity index (χ1v) is 9.76. The van der Waals surface area contributed by atoms with Gasteiger partial charge in [-0.1, -0.05) is 6.07 Å². The Morgan fingerprint density at radius 2 is 2.07 bits per heavy atom. The first kappa shape index (κ1) is 19.4. The summed E-state index contributed by atoms with van der Waals surface area (Å²) in [5, 5.41) is 0. The predicted molar refractivity (Wildman–Crippen MR) is 109 cm³/mol. The van der Waals surface area contributed by atoms with Crippen LogP contribution in [0.5, 0.6) is 5.75 Å². The predicted octanol–water partition coefficient (Wildman–Crippen LogP) is 2.92. The second-order valence-corrected chi connectivity index (χ2v) is 7.14. The normalized spacial score (nSPS) is 17.3. The molecule has 146 valence electrons. The summed E-state index contributed by atoms with van der Waals surface area (Å²) in [5.74, 6) is 1.93. The lowest BCUT2D eigenvalue weighted by Gasteiger charge is -2.23. The Morgan fingerprint density at radius 1 is 1.30 bits per heavy atom. The third kappa shape index (κ3) is 4.50. The second-order valence-electron chi connectivity index (χ2n) is 7.14. The number of nitrogens with one attached hydrogen (secondary N) is 1. The van der Waals surface area contributed by atoms with Crippen LogP contribution in [-0.2, 0) is 6.54 Å². The number of likely N-dealkylation sites (tertiary alicyclic amines) is 1. The molecule has 1 fully saturated rings. The lowest BCUT2D eigenvalue weighted by molar-refractivity contribution is 0.316. The molecule has 3 rings (SSSR count). The first-order chi connectivity index (χ1) is 13.0. The molecule has 1 N–H and O–H groups in total. The average Bonchev–Trinajstić information content (AvgIpc) is 3.11. The van der Waals surface area contributed by atoms with Crippen molar-refractivity contribution in [3.8, 4) is 5.75 Å². The van der Waals surface area contributed by atoms with Gasteiger partial charge in [0.2, 0.25) is 0 Å². The fraction of sp³-hybridized carbons (Fsp3) is 0.524. The lowest BCUT2D eigenvalue weighted by Crippen LogP contribution is -2.23. The van der Waals surface area contributed by atoms with Gasteiger partial charge in [-0.15, -0.1) is 0 Å². The molecule has 27 heavy (non-hydrogen) atoms. The molecule has 0 aliphatic carbocycles. The summed E-state index contributed by atoms with van der Waals surface area (Å²) in [5.41, 5.74) is 3.24. The van der Waals surface area contributed by atoms with E-state index >= 15 is 0 Å². The number of aromatic nitrogens is 2. The van der Waals surface area contributed by atoms with Crippen molar-refractivity contribution in [3.63, 3.8) is 0 Å². The van der Waals surface area contributed by atoms with Gasteiger partial charge in [0.05, 0.1) is 12.8 Å². The van der Waals surface area contributed by atoms with E-state index in [1.165, 1.54) is 11.3 Å². The Morgan fingerprint density at radius 3 is 2.74 bits per heavy atom. The highest BCUT2D eigenvalue weighted by Gasteiger charge is 2.26. The molecule has 2 heterocycles. The van der Waals surface area contributed by atoms with E-state index < -0.39 is 0 Å². The van der Waals surface area contributed by atoms with Crippen molar-refractivity contribution in [1.82, 2.24) is 14.9 Å². The number of benzene rings is 1. The molecular weight excluding hydrogens is 340 g/mol. The van der Waals surface area contributed by atoms with Crippen LogP contribution in [-0.4, -0.2) is 48.2 Å². The van der Waals surface area contributed by atoms with Crippen LogP contribution in [0.15, 0.2) is 29.1 Å². The van der Waals surface area contributed by atoms with Crippen LogP contribution >= 0.6 is 0 Å². The zero-order valence-electron chi connectivity index (χ0n) is 16.8. The second kappa shape index (κ2) is 8.57. The van der Waals surface area contributed by atoms with Crippen molar-refractivity contribution >= 4 is 5.69 Å².